The minimum Gasteiger partial charge on any atom is -0.367 e. The summed E-state index contributed by atoms with van der Waals surface area (Å²) in [6.07, 6.45) is 0.747. The fourth-order valence-electron chi connectivity index (χ4n) is 3.30. The lowest BCUT2D eigenvalue weighted by Gasteiger charge is -2.28. The SMILES string of the molecule is CO[C@H](C(=O)N(Cc1nn(C)cc1Cl)C[C@H]1COC(C)(C)O1)c1ccccc1. The van der Waals surface area contributed by atoms with Gasteiger partial charge in [-0.15, -0.1) is 0 Å². The van der Waals surface area contributed by atoms with Crippen LogP contribution in [-0.4, -0.2) is 52.7 Å². The van der Waals surface area contributed by atoms with Gasteiger partial charge in [0.25, 0.3) is 5.91 Å². The highest BCUT2D eigenvalue weighted by molar-refractivity contribution is 6.31. The fourth-order valence-corrected chi connectivity index (χ4v) is 3.54. The molecule has 1 saturated heterocycles. The van der Waals surface area contributed by atoms with E-state index in [1.54, 1.807) is 22.8 Å². The van der Waals surface area contributed by atoms with E-state index in [9.17, 15) is 4.79 Å². The Balaban J connectivity index is 1.83. The fraction of sp³-hybridized carbons (Fsp3) is 0.500. The number of nitrogens with zero attached hydrogens (tertiary/aromatic N) is 3. The van der Waals surface area contributed by atoms with Crippen molar-refractivity contribution in [1.29, 1.82) is 0 Å². The summed E-state index contributed by atoms with van der Waals surface area (Å²) in [5.74, 6) is -0.842. The van der Waals surface area contributed by atoms with Crippen molar-refractivity contribution in [1.82, 2.24) is 14.7 Å². The molecule has 1 aliphatic heterocycles. The number of amides is 1. The second-order valence-corrected chi connectivity index (χ2v) is 7.70. The van der Waals surface area contributed by atoms with Gasteiger partial charge in [-0.1, -0.05) is 41.9 Å². The molecule has 1 aliphatic rings. The van der Waals surface area contributed by atoms with Gasteiger partial charge >= 0.3 is 0 Å². The van der Waals surface area contributed by atoms with E-state index in [0.29, 0.717) is 23.9 Å². The van der Waals surface area contributed by atoms with Crippen molar-refractivity contribution in [2.75, 3.05) is 20.3 Å². The highest BCUT2D eigenvalue weighted by Crippen LogP contribution is 2.26. The molecule has 3 rings (SSSR count). The van der Waals surface area contributed by atoms with Gasteiger partial charge in [0, 0.05) is 26.9 Å². The number of hydrogen-bond donors (Lipinski definition) is 0. The topological polar surface area (TPSA) is 65.8 Å². The molecule has 1 amide bonds. The maximum Gasteiger partial charge on any atom is 0.256 e. The summed E-state index contributed by atoms with van der Waals surface area (Å²) in [6, 6.07) is 9.40. The van der Waals surface area contributed by atoms with Crippen LogP contribution < -0.4 is 0 Å². The molecule has 1 fully saturated rings. The van der Waals surface area contributed by atoms with Gasteiger partial charge in [0.1, 0.15) is 11.8 Å². The number of ether oxygens (including phenoxy) is 3. The first-order valence-corrected chi connectivity index (χ1v) is 9.53. The Bertz CT molecular complexity index is 809. The number of carbonyl (C=O) groups excluding carboxylic acids is 1. The van der Waals surface area contributed by atoms with Crippen molar-refractivity contribution in [3.8, 4) is 0 Å². The number of benzene rings is 1. The maximum atomic E-state index is 13.4. The summed E-state index contributed by atoms with van der Waals surface area (Å²) in [5, 5.41) is 4.88. The zero-order valence-corrected chi connectivity index (χ0v) is 17.3. The van der Waals surface area contributed by atoms with Crippen LogP contribution in [-0.2, 0) is 32.6 Å². The van der Waals surface area contributed by atoms with Crippen LogP contribution in [0.1, 0.15) is 31.2 Å². The normalized spacial score (nSPS) is 19.5. The molecule has 7 nitrogen and oxygen atoms in total. The lowest BCUT2D eigenvalue weighted by molar-refractivity contribution is -0.152. The van der Waals surface area contributed by atoms with Gasteiger partial charge in [0.05, 0.1) is 18.2 Å². The molecular formula is C20H26ClN3O4. The second kappa shape index (κ2) is 8.61. The number of carbonyl (C=O) groups is 1. The van der Waals surface area contributed by atoms with Gasteiger partial charge < -0.3 is 19.1 Å². The van der Waals surface area contributed by atoms with Gasteiger partial charge in [-0.3, -0.25) is 9.48 Å². The molecule has 1 aromatic carbocycles. The Kier molecular flexibility index (Phi) is 6.40. The lowest BCUT2D eigenvalue weighted by Crippen LogP contribution is -2.41. The van der Waals surface area contributed by atoms with E-state index in [0.717, 1.165) is 5.56 Å². The Labute approximate surface area is 170 Å². The molecule has 2 atom stereocenters. The van der Waals surface area contributed by atoms with Crippen LogP contribution in [0, 0.1) is 0 Å². The third kappa shape index (κ3) is 4.91. The quantitative estimate of drug-likeness (QED) is 0.706. The van der Waals surface area contributed by atoms with Gasteiger partial charge in [-0.2, -0.15) is 5.10 Å². The average molecular weight is 408 g/mol. The minimum atomic E-state index is -0.723. The average Bonchev–Trinajstić information content (AvgIpc) is 3.16. The molecule has 152 valence electrons. The Hall–Kier alpha value is -1.93. The van der Waals surface area contributed by atoms with E-state index in [1.807, 2.05) is 44.2 Å². The monoisotopic (exact) mass is 407 g/mol. The predicted molar refractivity (Wildman–Crippen MR) is 105 cm³/mol. The second-order valence-electron chi connectivity index (χ2n) is 7.29. The maximum absolute atomic E-state index is 13.4. The van der Waals surface area contributed by atoms with Gasteiger partial charge in [0.15, 0.2) is 11.9 Å². The number of halogens is 1. The smallest absolute Gasteiger partial charge is 0.256 e. The Morgan fingerprint density at radius 3 is 2.68 bits per heavy atom. The molecule has 0 spiro atoms. The van der Waals surface area contributed by atoms with Crippen LogP contribution in [0.15, 0.2) is 36.5 Å². The number of hydrogen-bond acceptors (Lipinski definition) is 5. The van der Waals surface area contributed by atoms with Crippen molar-refractivity contribution in [2.45, 2.75) is 38.4 Å². The third-order valence-corrected chi connectivity index (χ3v) is 4.88. The Morgan fingerprint density at radius 1 is 1.43 bits per heavy atom. The van der Waals surface area contributed by atoms with E-state index in [4.69, 9.17) is 25.8 Å². The molecule has 2 aromatic rings. The zero-order valence-electron chi connectivity index (χ0n) is 16.6. The summed E-state index contributed by atoms with van der Waals surface area (Å²) in [6.45, 7) is 4.73. The summed E-state index contributed by atoms with van der Waals surface area (Å²) in [4.78, 5) is 15.0. The van der Waals surface area contributed by atoms with Crippen molar-refractivity contribution in [3.05, 3.63) is 52.8 Å². The van der Waals surface area contributed by atoms with E-state index in [1.165, 1.54) is 7.11 Å². The van der Waals surface area contributed by atoms with Crippen molar-refractivity contribution in [3.63, 3.8) is 0 Å². The molecular weight excluding hydrogens is 382 g/mol. The van der Waals surface area contributed by atoms with Gasteiger partial charge in [-0.05, 0) is 19.4 Å². The summed E-state index contributed by atoms with van der Waals surface area (Å²) in [5.41, 5.74) is 1.41. The van der Waals surface area contributed by atoms with Crippen LogP contribution in [0.3, 0.4) is 0 Å². The minimum absolute atomic E-state index is 0.177. The van der Waals surface area contributed by atoms with Crippen LogP contribution in [0.4, 0.5) is 0 Å². The van der Waals surface area contributed by atoms with Crippen LogP contribution >= 0.6 is 11.6 Å². The lowest BCUT2D eigenvalue weighted by atomic mass is 10.1. The number of aromatic nitrogens is 2. The molecule has 0 radical (unpaired) electrons. The highest BCUT2D eigenvalue weighted by Gasteiger charge is 2.36. The van der Waals surface area contributed by atoms with E-state index >= 15 is 0 Å². The number of rotatable bonds is 7. The first kappa shape index (κ1) is 20.8. The number of aryl methyl sites for hydroxylation is 1. The zero-order chi connectivity index (χ0) is 20.3. The van der Waals surface area contributed by atoms with E-state index in [-0.39, 0.29) is 18.6 Å². The molecule has 28 heavy (non-hydrogen) atoms. The Morgan fingerprint density at radius 2 is 2.14 bits per heavy atom. The highest BCUT2D eigenvalue weighted by atomic mass is 35.5. The van der Waals surface area contributed by atoms with Gasteiger partial charge in [0.2, 0.25) is 0 Å². The molecule has 0 saturated carbocycles. The molecule has 2 heterocycles. The van der Waals surface area contributed by atoms with Crippen molar-refractivity contribution in [2.24, 2.45) is 7.05 Å². The van der Waals surface area contributed by atoms with Crippen molar-refractivity contribution < 1.29 is 19.0 Å². The molecule has 8 heteroatoms. The summed E-state index contributed by atoms with van der Waals surface area (Å²) in [7, 11) is 3.32. The van der Waals surface area contributed by atoms with Crippen LogP contribution in [0.5, 0.6) is 0 Å². The molecule has 0 bridgehead atoms. The largest absolute Gasteiger partial charge is 0.367 e. The van der Waals surface area contributed by atoms with E-state index < -0.39 is 11.9 Å². The standard InChI is InChI=1S/C20H26ClN3O4/c1-20(2)27-13-15(28-20)10-24(12-17-16(21)11-23(3)22-17)19(25)18(26-4)14-8-6-5-7-9-14/h5-9,11,15,18H,10,12-13H2,1-4H3/t15-,18-/m0/s1. The molecule has 0 N–H and O–H groups in total. The van der Waals surface area contributed by atoms with Crippen LogP contribution in [0.25, 0.3) is 0 Å². The third-order valence-electron chi connectivity index (χ3n) is 4.56. The first-order valence-electron chi connectivity index (χ1n) is 9.15. The van der Waals surface area contributed by atoms with E-state index in [2.05, 4.69) is 5.10 Å². The number of methoxy groups -OCH3 is 1. The predicted octanol–water partition coefficient (Wildman–Crippen LogP) is 2.94. The van der Waals surface area contributed by atoms with Crippen LogP contribution in [0.2, 0.25) is 5.02 Å². The molecule has 0 unspecified atom stereocenters. The molecule has 0 aliphatic carbocycles. The molecule has 1 aromatic heterocycles. The van der Waals surface area contributed by atoms with Gasteiger partial charge in [-0.25, -0.2) is 0 Å². The summed E-state index contributed by atoms with van der Waals surface area (Å²) >= 11 is 6.28. The first-order chi connectivity index (χ1) is 13.3. The van der Waals surface area contributed by atoms with Crippen molar-refractivity contribution >= 4 is 17.5 Å². The summed E-state index contributed by atoms with van der Waals surface area (Å²) < 4.78 is 18.7.